The average Bonchev–Trinajstić information content (AvgIpc) is 2.37. The predicted octanol–water partition coefficient (Wildman–Crippen LogP) is 4.42. The van der Waals surface area contributed by atoms with Crippen molar-refractivity contribution in [3.05, 3.63) is 42.5 Å². The third-order valence-corrected chi connectivity index (χ3v) is 3.00. The van der Waals surface area contributed by atoms with E-state index in [9.17, 15) is 18.0 Å². The molecule has 0 heterocycles. The number of alkyl halides is 5. The van der Waals surface area contributed by atoms with Gasteiger partial charge in [0.2, 0.25) is 0 Å². The lowest BCUT2D eigenvalue weighted by atomic mass is 10.1. The largest absolute Gasteiger partial charge is 0.416 e. The molecule has 0 bridgehead atoms. The highest BCUT2D eigenvalue weighted by molar-refractivity contribution is 6.54. The van der Waals surface area contributed by atoms with Gasteiger partial charge in [0, 0.05) is 5.69 Å². The molecule has 1 aromatic rings. The van der Waals surface area contributed by atoms with E-state index in [2.05, 4.69) is 6.58 Å². The highest BCUT2D eigenvalue weighted by atomic mass is 35.5. The van der Waals surface area contributed by atoms with Crippen LogP contribution in [0.1, 0.15) is 12.5 Å². The van der Waals surface area contributed by atoms with Gasteiger partial charge in [-0.05, 0) is 25.1 Å². The lowest BCUT2D eigenvalue weighted by Crippen LogP contribution is -2.40. The Morgan fingerprint density at radius 2 is 2.00 bits per heavy atom. The quantitative estimate of drug-likeness (QED) is 0.593. The lowest BCUT2D eigenvalue weighted by molar-refractivity contribution is -0.137. The van der Waals surface area contributed by atoms with Gasteiger partial charge in [0.15, 0.2) is 4.84 Å². The summed E-state index contributed by atoms with van der Waals surface area (Å²) in [7, 11) is 0. The first kappa shape index (κ1) is 16.9. The fourth-order valence-electron chi connectivity index (χ4n) is 1.61. The summed E-state index contributed by atoms with van der Waals surface area (Å²) in [5.41, 5.74) is -0.798. The van der Waals surface area contributed by atoms with Crippen molar-refractivity contribution in [2.75, 3.05) is 4.90 Å². The second-order valence-electron chi connectivity index (χ2n) is 4.03. The van der Waals surface area contributed by atoms with Crippen LogP contribution in [0, 0.1) is 0 Å². The Morgan fingerprint density at radius 3 is 2.45 bits per heavy atom. The Balaban J connectivity index is 3.28. The van der Waals surface area contributed by atoms with Crippen LogP contribution in [0.15, 0.2) is 36.9 Å². The standard InChI is InChI=1S/C13H12Cl2F3NO/c1-3-8(2)19(12(20)11(14)15)10-6-4-5-9(7-10)13(16,17)18/h3-8,11H,1H2,2H3. The maximum Gasteiger partial charge on any atom is 0.416 e. The molecule has 0 saturated heterocycles. The third-order valence-electron chi connectivity index (χ3n) is 2.62. The number of rotatable bonds is 4. The van der Waals surface area contributed by atoms with Crippen molar-refractivity contribution in [2.24, 2.45) is 0 Å². The Labute approximate surface area is 124 Å². The molecule has 0 saturated carbocycles. The van der Waals surface area contributed by atoms with Gasteiger partial charge in [0.25, 0.3) is 5.91 Å². The average molecular weight is 326 g/mol. The van der Waals surface area contributed by atoms with E-state index in [1.807, 2.05) is 0 Å². The molecule has 1 rings (SSSR count). The van der Waals surface area contributed by atoms with E-state index >= 15 is 0 Å². The number of halogens is 5. The van der Waals surface area contributed by atoms with E-state index < -0.39 is 28.5 Å². The van der Waals surface area contributed by atoms with Crippen LogP contribution >= 0.6 is 23.2 Å². The molecule has 0 fully saturated rings. The minimum atomic E-state index is -4.50. The van der Waals surface area contributed by atoms with Crippen LogP contribution in [0.25, 0.3) is 0 Å². The Kier molecular flexibility index (Phi) is 5.48. The summed E-state index contributed by atoms with van der Waals surface area (Å²) in [5, 5.41) is 0. The van der Waals surface area contributed by atoms with E-state index in [0.29, 0.717) is 0 Å². The fourth-order valence-corrected chi connectivity index (χ4v) is 1.82. The van der Waals surface area contributed by atoms with Gasteiger partial charge in [-0.2, -0.15) is 13.2 Å². The van der Waals surface area contributed by atoms with Gasteiger partial charge < -0.3 is 4.90 Å². The first-order valence-electron chi connectivity index (χ1n) is 5.59. The molecule has 1 atom stereocenters. The summed E-state index contributed by atoms with van der Waals surface area (Å²) in [6, 6.07) is 3.83. The van der Waals surface area contributed by atoms with E-state index in [-0.39, 0.29) is 5.69 Å². The van der Waals surface area contributed by atoms with Crippen LogP contribution in [0.2, 0.25) is 0 Å². The zero-order valence-corrected chi connectivity index (χ0v) is 12.0. The van der Waals surface area contributed by atoms with Gasteiger partial charge in [0.1, 0.15) is 0 Å². The Hall–Kier alpha value is -1.20. The number of hydrogen-bond donors (Lipinski definition) is 0. The number of hydrogen-bond acceptors (Lipinski definition) is 1. The molecule has 0 aliphatic carbocycles. The van der Waals surface area contributed by atoms with Gasteiger partial charge in [-0.1, -0.05) is 35.3 Å². The summed E-state index contributed by atoms with van der Waals surface area (Å²) in [6.45, 7) is 5.12. The summed E-state index contributed by atoms with van der Waals surface area (Å²) in [5.74, 6) is -0.708. The molecular formula is C13H12Cl2F3NO. The fraction of sp³-hybridized carbons (Fsp3) is 0.308. The molecule has 2 nitrogen and oxygen atoms in total. The number of benzene rings is 1. The van der Waals surface area contributed by atoms with Crippen molar-refractivity contribution in [2.45, 2.75) is 24.0 Å². The molecule has 1 aromatic carbocycles. The number of amides is 1. The van der Waals surface area contributed by atoms with Crippen LogP contribution < -0.4 is 4.90 Å². The van der Waals surface area contributed by atoms with Crippen molar-refractivity contribution in [3.63, 3.8) is 0 Å². The van der Waals surface area contributed by atoms with Crippen molar-refractivity contribution in [3.8, 4) is 0 Å². The summed E-state index contributed by atoms with van der Waals surface area (Å²) >= 11 is 11.0. The molecule has 0 aliphatic rings. The predicted molar refractivity (Wildman–Crippen MR) is 74.1 cm³/mol. The molecule has 0 N–H and O–H groups in total. The van der Waals surface area contributed by atoms with Crippen LogP contribution in [0.3, 0.4) is 0 Å². The highest BCUT2D eigenvalue weighted by Gasteiger charge is 2.32. The molecule has 0 aliphatic heterocycles. The lowest BCUT2D eigenvalue weighted by Gasteiger charge is -2.28. The van der Waals surface area contributed by atoms with Crippen molar-refractivity contribution >= 4 is 34.8 Å². The number of carbonyl (C=O) groups is 1. The van der Waals surface area contributed by atoms with E-state index in [1.54, 1.807) is 6.92 Å². The molecule has 0 radical (unpaired) electrons. The van der Waals surface area contributed by atoms with E-state index in [1.165, 1.54) is 18.2 Å². The second kappa shape index (κ2) is 6.50. The molecular weight excluding hydrogens is 314 g/mol. The zero-order valence-electron chi connectivity index (χ0n) is 10.5. The maximum atomic E-state index is 12.7. The summed E-state index contributed by atoms with van der Waals surface area (Å²) < 4.78 is 38.1. The van der Waals surface area contributed by atoms with Gasteiger partial charge in [-0.3, -0.25) is 4.79 Å². The summed E-state index contributed by atoms with van der Waals surface area (Å²) in [4.78, 5) is 11.6. The van der Waals surface area contributed by atoms with Crippen LogP contribution in [-0.2, 0) is 11.0 Å². The number of carbonyl (C=O) groups excluding carboxylic acids is 1. The molecule has 0 aromatic heterocycles. The molecule has 110 valence electrons. The van der Waals surface area contributed by atoms with Crippen LogP contribution in [0.4, 0.5) is 18.9 Å². The number of nitrogens with zero attached hydrogens (tertiary/aromatic N) is 1. The smallest absolute Gasteiger partial charge is 0.303 e. The number of anilines is 1. The molecule has 1 unspecified atom stereocenters. The minimum absolute atomic E-state index is 0.0588. The topological polar surface area (TPSA) is 20.3 Å². The molecule has 7 heteroatoms. The van der Waals surface area contributed by atoms with Crippen LogP contribution in [0.5, 0.6) is 0 Å². The van der Waals surface area contributed by atoms with Gasteiger partial charge >= 0.3 is 6.18 Å². The Morgan fingerprint density at radius 1 is 1.40 bits per heavy atom. The van der Waals surface area contributed by atoms with E-state index in [0.717, 1.165) is 17.0 Å². The van der Waals surface area contributed by atoms with Crippen molar-refractivity contribution < 1.29 is 18.0 Å². The zero-order chi connectivity index (χ0) is 15.5. The maximum absolute atomic E-state index is 12.7. The van der Waals surface area contributed by atoms with Gasteiger partial charge in [0.05, 0.1) is 11.6 Å². The first-order chi connectivity index (χ1) is 9.18. The second-order valence-corrected chi connectivity index (χ2v) is 5.13. The monoisotopic (exact) mass is 325 g/mol. The minimum Gasteiger partial charge on any atom is -0.303 e. The van der Waals surface area contributed by atoms with Crippen molar-refractivity contribution in [1.29, 1.82) is 0 Å². The van der Waals surface area contributed by atoms with Gasteiger partial charge in [-0.15, -0.1) is 6.58 Å². The summed E-state index contributed by atoms with van der Waals surface area (Å²) in [6.07, 6.45) is -3.09. The highest BCUT2D eigenvalue weighted by Crippen LogP contribution is 2.32. The normalized spacial score (nSPS) is 13.2. The first-order valence-corrected chi connectivity index (χ1v) is 6.46. The molecule has 1 amide bonds. The van der Waals surface area contributed by atoms with E-state index in [4.69, 9.17) is 23.2 Å². The Bertz CT molecular complexity index is 503. The van der Waals surface area contributed by atoms with Crippen LogP contribution in [-0.4, -0.2) is 16.8 Å². The molecule has 0 spiro atoms. The van der Waals surface area contributed by atoms with Gasteiger partial charge in [-0.25, -0.2) is 0 Å². The SMILES string of the molecule is C=CC(C)N(C(=O)C(Cl)Cl)c1cccc(C(F)(F)F)c1. The third kappa shape index (κ3) is 3.90. The molecule has 20 heavy (non-hydrogen) atoms. The van der Waals surface area contributed by atoms with Crippen molar-refractivity contribution in [1.82, 2.24) is 0 Å².